The van der Waals surface area contributed by atoms with Gasteiger partial charge < -0.3 is 10.1 Å². The lowest BCUT2D eigenvalue weighted by molar-refractivity contribution is -0.123. The minimum atomic E-state index is -0.445. The Morgan fingerprint density at radius 3 is 2.62 bits per heavy atom. The van der Waals surface area contributed by atoms with Gasteiger partial charge in [-0.2, -0.15) is 0 Å². The topological polar surface area (TPSA) is 75.7 Å². The smallest absolute Gasteiger partial charge is 0.293 e. The highest BCUT2D eigenvalue weighted by molar-refractivity contribution is 9.10. The lowest BCUT2D eigenvalue weighted by Gasteiger charge is -2.14. The van der Waals surface area contributed by atoms with Crippen molar-refractivity contribution in [3.05, 3.63) is 96.3 Å². The zero-order valence-electron chi connectivity index (χ0n) is 19.8. The van der Waals surface area contributed by atoms with Crippen molar-refractivity contribution in [1.29, 1.82) is 0 Å². The third kappa shape index (κ3) is 6.76. The summed E-state index contributed by atoms with van der Waals surface area (Å²) >= 11 is 16.4. The molecule has 190 valence electrons. The number of benzene rings is 3. The maximum Gasteiger partial charge on any atom is 0.293 e. The second-order valence-corrected chi connectivity index (χ2v) is 11.1. The molecule has 0 radical (unpaired) electrons. The molecule has 3 aromatic rings. The summed E-state index contributed by atoms with van der Waals surface area (Å²) in [7, 11) is 0. The van der Waals surface area contributed by atoms with Gasteiger partial charge in [-0.3, -0.25) is 19.3 Å². The molecule has 1 saturated heterocycles. The van der Waals surface area contributed by atoms with Crippen molar-refractivity contribution in [2.45, 2.75) is 20.4 Å². The summed E-state index contributed by atoms with van der Waals surface area (Å²) in [5.74, 6) is -0.366. The molecule has 4 rings (SSSR count). The van der Waals surface area contributed by atoms with Gasteiger partial charge in [0.25, 0.3) is 17.1 Å². The van der Waals surface area contributed by atoms with Crippen molar-refractivity contribution in [3.63, 3.8) is 0 Å². The molecule has 1 aliphatic rings. The van der Waals surface area contributed by atoms with Crippen LogP contribution >= 0.6 is 50.9 Å². The normalized spacial score (nSPS) is 14.4. The average molecular weight is 620 g/mol. The van der Waals surface area contributed by atoms with E-state index in [0.29, 0.717) is 26.9 Å². The SMILES string of the molecule is Cc1ccc(C)c(NC(=O)COc2ccc(Br)cc2/C=C2\SC(=O)N(Cc3ccc(Cl)cc3Cl)C2=O)c1. The number of nitrogens with zero attached hydrogens (tertiary/aromatic N) is 1. The van der Waals surface area contributed by atoms with Crippen LogP contribution in [0.25, 0.3) is 6.08 Å². The van der Waals surface area contributed by atoms with Gasteiger partial charge in [-0.25, -0.2) is 0 Å². The van der Waals surface area contributed by atoms with Gasteiger partial charge >= 0.3 is 0 Å². The molecule has 0 spiro atoms. The largest absolute Gasteiger partial charge is 0.483 e. The number of amides is 3. The monoisotopic (exact) mass is 618 g/mol. The van der Waals surface area contributed by atoms with Crippen LogP contribution in [-0.2, 0) is 16.1 Å². The second kappa shape index (κ2) is 11.7. The summed E-state index contributed by atoms with van der Waals surface area (Å²) in [5.41, 5.74) is 3.85. The van der Waals surface area contributed by atoms with Crippen molar-refractivity contribution >= 4 is 79.7 Å². The van der Waals surface area contributed by atoms with E-state index < -0.39 is 11.1 Å². The summed E-state index contributed by atoms with van der Waals surface area (Å²) in [4.78, 5) is 39.6. The fourth-order valence-corrected chi connectivity index (χ4v) is 5.24. The minimum Gasteiger partial charge on any atom is -0.483 e. The van der Waals surface area contributed by atoms with E-state index in [0.717, 1.165) is 37.9 Å². The Morgan fingerprint density at radius 1 is 1.08 bits per heavy atom. The van der Waals surface area contributed by atoms with E-state index in [1.807, 2.05) is 32.0 Å². The molecule has 0 aromatic heterocycles. The highest BCUT2D eigenvalue weighted by Crippen LogP contribution is 2.36. The molecule has 0 atom stereocenters. The second-order valence-electron chi connectivity index (χ2n) is 8.34. The molecule has 0 aliphatic carbocycles. The summed E-state index contributed by atoms with van der Waals surface area (Å²) in [5, 5.41) is 3.29. The first-order valence-electron chi connectivity index (χ1n) is 11.1. The Labute approximate surface area is 237 Å². The molecule has 1 fully saturated rings. The number of imide groups is 1. The molecule has 0 saturated carbocycles. The number of hydrogen-bond acceptors (Lipinski definition) is 5. The minimum absolute atomic E-state index is 0.0262. The Morgan fingerprint density at radius 2 is 1.86 bits per heavy atom. The Balaban J connectivity index is 1.49. The number of thioether (sulfide) groups is 1. The number of carbonyl (C=O) groups excluding carboxylic acids is 3. The standard InChI is InChI=1S/C27H21BrCl2N2O4S/c1-15-3-4-16(2)22(9-15)31-25(33)14-36-23-8-6-19(28)10-18(23)11-24-26(34)32(27(35)37-24)13-17-5-7-20(29)12-21(17)30/h3-12H,13-14H2,1-2H3,(H,31,33)/b24-11-. The van der Waals surface area contributed by atoms with Crippen LogP contribution in [-0.4, -0.2) is 28.6 Å². The number of nitrogens with one attached hydrogen (secondary N) is 1. The molecule has 6 nitrogen and oxygen atoms in total. The van der Waals surface area contributed by atoms with Crippen LogP contribution in [0, 0.1) is 13.8 Å². The maximum absolute atomic E-state index is 13.1. The summed E-state index contributed by atoms with van der Waals surface area (Å²) in [6, 6.07) is 15.9. The van der Waals surface area contributed by atoms with E-state index in [1.54, 1.807) is 42.5 Å². The van der Waals surface area contributed by atoms with Gasteiger partial charge in [-0.05, 0) is 84.8 Å². The van der Waals surface area contributed by atoms with Crippen LogP contribution in [0.5, 0.6) is 5.75 Å². The maximum atomic E-state index is 13.1. The van der Waals surface area contributed by atoms with Crippen LogP contribution in [0.2, 0.25) is 10.0 Å². The van der Waals surface area contributed by atoms with Gasteiger partial charge in [-0.1, -0.05) is 57.3 Å². The van der Waals surface area contributed by atoms with Crippen LogP contribution < -0.4 is 10.1 Å². The molecule has 10 heteroatoms. The lowest BCUT2D eigenvalue weighted by atomic mass is 10.1. The fourth-order valence-electron chi connectivity index (χ4n) is 3.56. The summed E-state index contributed by atoms with van der Waals surface area (Å²) < 4.78 is 6.54. The van der Waals surface area contributed by atoms with E-state index >= 15 is 0 Å². The van der Waals surface area contributed by atoms with Gasteiger partial charge in [0.2, 0.25) is 0 Å². The molecule has 1 heterocycles. The van der Waals surface area contributed by atoms with Crippen molar-refractivity contribution in [1.82, 2.24) is 4.90 Å². The third-order valence-electron chi connectivity index (χ3n) is 5.50. The number of anilines is 1. The van der Waals surface area contributed by atoms with Gasteiger partial charge in [0.05, 0.1) is 11.4 Å². The highest BCUT2D eigenvalue weighted by Gasteiger charge is 2.35. The number of aryl methyl sites for hydroxylation is 2. The Kier molecular flexibility index (Phi) is 8.64. The number of halogens is 3. The van der Waals surface area contributed by atoms with E-state index in [2.05, 4.69) is 21.2 Å². The molecule has 37 heavy (non-hydrogen) atoms. The number of hydrogen-bond donors (Lipinski definition) is 1. The number of ether oxygens (including phenoxy) is 1. The van der Waals surface area contributed by atoms with E-state index in [4.69, 9.17) is 27.9 Å². The Bertz CT molecular complexity index is 1440. The van der Waals surface area contributed by atoms with Gasteiger partial charge in [0.1, 0.15) is 5.75 Å². The predicted molar refractivity (Wildman–Crippen MR) is 152 cm³/mol. The zero-order chi connectivity index (χ0) is 26.7. The van der Waals surface area contributed by atoms with E-state index in [9.17, 15) is 14.4 Å². The molecular weight excluding hydrogens is 599 g/mol. The van der Waals surface area contributed by atoms with Crippen LogP contribution in [0.3, 0.4) is 0 Å². The van der Waals surface area contributed by atoms with Gasteiger partial charge in [0, 0.05) is 25.8 Å². The van der Waals surface area contributed by atoms with Crippen molar-refractivity contribution in [2.75, 3.05) is 11.9 Å². The highest BCUT2D eigenvalue weighted by atomic mass is 79.9. The Hall–Kier alpha value is -2.78. The fraction of sp³-hybridized carbons (Fsp3) is 0.148. The molecule has 0 unspecified atom stereocenters. The van der Waals surface area contributed by atoms with Crippen molar-refractivity contribution < 1.29 is 19.1 Å². The van der Waals surface area contributed by atoms with E-state index in [-0.39, 0.29) is 24.0 Å². The first-order valence-corrected chi connectivity index (χ1v) is 13.5. The summed E-state index contributed by atoms with van der Waals surface area (Å²) in [6.45, 7) is 3.66. The van der Waals surface area contributed by atoms with Crippen LogP contribution in [0.4, 0.5) is 10.5 Å². The zero-order valence-corrected chi connectivity index (χ0v) is 23.7. The summed E-state index contributed by atoms with van der Waals surface area (Å²) in [6.07, 6.45) is 1.58. The number of rotatable bonds is 7. The molecular formula is C27H21BrCl2N2O4S. The molecule has 3 amide bonds. The van der Waals surface area contributed by atoms with Crippen molar-refractivity contribution in [3.8, 4) is 5.75 Å². The molecule has 0 bridgehead atoms. The molecule has 1 N–H and O–H groups in total. The predicted octanol–water partition coefficient (Wildman–Crippen LogP) is 7.63. The van der Waals surface area contributed by atoms with E-state index in [1.165, 1.54) is 0 Å². The third-order valence-corrected chi connectivity index (χ3v) is 7.49. The van der Waals surface area contributed by atoms with Gasteiger partial charge in [0.15, 0.2) is 6.61 Å². The quantitative estimate of drug-likeness (QED) is 0.275. The number of carbonyl (C=O) groups is 3. The first kappa shape index (κ1) is 27.3. The van der Waals surface area contributed by atoms with Crippen LogP contribution in [0.1, 0.15) is 22.3 Å². The molecule has 1 aliphatic heterocycles. The first-order chi connectivity index (χ1) is 17.6. The molecule has 3 aromatic carbocycles. The van der Waals surface area contributed by atoms with Crippen molar-refractivity contribution in [2.24, 2.45) is 0 Å². The van der Waals surface area contributed by atoms with Gasteiger partial charge in [-0.15, -0.1) is 0 Å². The average Bonchev–Trinajstić information content (AvgIpc) is 3.09. The lowest BCUT2D eigenvalue weighted by Crippen LogP contribution is -2.27. The van der Waals surface area contributed by atoms with Crippen LogP contribution in [0.15, 0.2) is 64.0 Å².